The lowest BCUT2D eigenvalue weighted by Gasteiger charge is -2.36. The molecule has 5 rings (SSSR count). The molecule has 10 nitrogen and oxygen atoms in total. The molecule has 0 spiro atoms. The molecule has 0 radical (unpaired) electrons. The maximum atomic E-state index is 15.5. The van der Waals surface area contributed by atoms with Crippen molar-refractivity contribution in [3.8, 4) is 28.0 Å². The third-order valence-electron chi connectivity index (χ3n) is 8.27. The third kappa shape index (κ3) is 5.53. The largest absolute Gasteiger partial charge is 0.496 e. The van der Waals surface area contributed by atoms with Crippen LogP contribution < -0.4 is 21.3 Å². The minimum atomic E-state index is -0.849. The SMILES string of the molecule is COc1cc(-c2cccc(-c3cccc(NC(=O)c4cn(C)c(=O)n(C)c4=O)c3C)c2C)cc(F)c1CN1CC(C(=O)O)C1. The van der Waals surface area contributed by atoms with Gasteiger partial charge in [0.15, 0.2) is 0 Å². The van der Waals surface area contributed by atoms with Gasteiger partial charge in [-0.3, -0.25) is 23.9 Å². The van der Waals surface area contributed by atoms with Crippen LogP contribution >= 0.6 is 0 Å². The van der Waals surface area contributed by atoms with E-state index >= 15 is 4.39 Å². The Morgan fingerprint density at radius 3 is 2.30 bits per heavy atom. The summed E-state index contributed by atoms with van der Waals surface area (Å²) in [4.78, 5) is 50.8. The molecule has 1 saturated heterocycles. The Kier molecular flexibility index (Phi) is 8.25. The molecule has 44 heavy (non-hydrogen) atoms. The summed E-state index contributed by atoms with van der Waals surface area (Å²) in [6.45, 7) is 4.77. The highest BCUT2D eigenvalue weighted by Crippen LogP contribution is 2.38. The molecule has 1 fully saturated rings. The van der Waals surface area contributed by atoms with Gasteiger partial charge in [0.1, 0.15) is 17.1 Å². The van der Waals surface area contributed by atoms with E-state index in [1.807, 2.05) is 43.0 Å². The molecule has 0 atom stereocenters. The number of halogens is 1. The van der Waals surface area contributed by atoms with Gasteiger partial charge in [-0.15, -0.1) is 0 Å². The van der Waals surface area contributed by atoms with Gasteiger partial charge >= 0.3 is 11.7 Å². The van der Waals surface area contributed by atoms with Crippen molar-refractivity contribution in [3.05, 3.63) is 104 Å². The summed E-state index contributed by atoms with van der Waals surface area (Å²) < 4.78 is 23.1. The number of likely N-dealkylation sites (tertiary alicyclic amines) is 1. The third-order valence-corrected chi connectivity index (χ3v) is 8.27. The van der Waals surface area contributed by atoms with Crippen molar-refractivity contribution in [3.63, 3.8) is 0 Å². The molecule has 0 aliphatic carbocycles. The number of benzene rings is 3. The maximum Gasteiger partial charge on any atom is 0.330 e. The zero-order valence-corrected chi connectivity index (χ0v) is 25.1. The van der Waals surface area contributed by atoms with E-state index in [0.717, 1.165) is 32.4 Å². The molecule has 0 bridgehead atoms. The predicted molar refractivity (Wildman–Crippen MR) is 165 cm³/mol. The molecule has 228 valence electrons. The highest BCUT2D eigenvalue weighted by Gasteiger charge is 2.33. The molecule has 1 aromatic heterocycles. The number of carbonyl (C=O) groups excluding carboxylic acids is 1. The Bertz CT molecular complexity index is 1920. The zero-order valence-electron chi connectivity index (χ0n) is 25.1. The van der Waals surface area contributed by atoms with Gasteiger partial charge in [0.25, 0.3) is 11.5 Å². The van der Waals surface area contributed by atoms with E-state index < -0.39 is 34.9 Å². The lowest BCUT2D eigenvalue weighted by Crippen LogP contribution is -2.49. The number of nitrogens with zero attached hydrogens (tertiary/aromatic N) is 3. The van der Waals surface area contributed by atoms with E-state index in [0.29, 0.717) is 35.7 Å². The number of carboxylic acids is 1. The van der Waals surface area contributed by atoms with Gasteiger partial charge in [0.2, 0.25) is 0 Å². The first-order valence-corrected chi connectivity index (χ1v) is 14.0. The molecule has 2 N–H and O–H groups in total. The Labute approximate surface area is 252 Å². The summed E-state index contributed by atoms with van der Waals surface area (Å²) in [5.74, 6) is -1.98. The summed E-state index contributed by atoms with van der Waals surface area (Å²) in [5, 5.41) is 12.0. The van der Waals surface area contributed by atoms with Crippen LogP contribution in [-0.2, 0) is 25.4 Å². The second kappa shape index (κ2) is 11.9. The number of carboxylic acid groups (broad SMARTS) is 1. The summed E-state index contributed by atoms with van der Waals surface area (Å²) in [6, 6.07) is 14.4. The Morgan fingerprint density at radius 1 is 1.00 bits per heavy atom. The van der Waals surface area contributed by atoms with Crippen LogP contribution in [0.2, 0.25) is 0 Å². The molecular weight excluding hydrogens is 567 g/mol. The van der Waals surface area contributed by atoms with Crippen LogP contribution in [0.15, 0.2) is 64.3 Å². The number of amides is 1. The Hall–Kier alpha value is -5.03. The first-order chi connectivity index (χ1) is 20.9. The van der Waals surface area contributed by atoms with Crippen molar-refractivity contribution in [2.45, 2.75) is 20.4 Å². The number of aromatic nitrogens is 2. The fourth-order valence-electron chi connectivity index (χ4n) is 5.64. The van der Waals surface area contributed by atoms with Crippen LogP contribution in [0.4, 0.5) is 10.1 Å². The van der Waals surface area contributed by atoms with Crippen LogP contribution in [-0.4, -0.2) is 51.2 Å². The van der Waals surface area contributed by atoms with E-state index in [4.69, 9.17) is 9.84 Å². The topological polar surface area (TPSA) is 123 Å². The van der Waals surface area contributed by atoms with Gasteiger partial charge in [0, 0.05) is 51.2 Å². The van der Waals surface area contributed by atoms with Gasteiger partial charge in [-0.1, -0.05) is 30.3 Å². The average molecular weight is 601 g/mol. The number of aliphatic carboxylic acids is 1. The number of anilines is 1. The molecule has 4 aromatic rings. The zero-order chi connectivity index (χ0) is 31.9. The summed E-state index contributed by atoms with van der Waals surface area (Å²) in [6.07, 6.45) is 1.22. The molecule has 1 aliphatic heterocycles. The molecule has 0 saturated carbocycles. The van der Waals surface area contributed by atoms with E-state index in [1.54, 1.807) is 18.2 Å². The standard InChI is InChI=1S/C33H33FN4O6/c1-18-22(20-12-27(34)25(29(13-20)44-5)17-38-14-21(15-38)32(41)42)8-6-9-23(18)24-10-7-11-28(19(24)2)35-30(39)26-16-36(3)33(43)37(4)31(26)40/h6-13,16,21H,14-15,17H2,1-5H3,(H,35,39)(H,41,42). The number of ether oxygens (including phenoxy) is 1. The number of nitrogens with one attached hydrogen (secondary N) is 1. The van der Waals surface area contributed by atoms with Crippen LogP contribution in [0.5, 0.6) is 5.75 Å². The highest BCUT2D eigenvalue weighted by molar-refractivity contribution is 6.04. The molecule has 1 aliphatic rings. The number of hydrogen-bond acceptors (Lipinski definition) is 6. The number of methoxy groups -OCH3 is 1. The van der Waals surface area contributed by atoms with E-state index in [1.165, 1.54) is 38.0 Å². The first kappa shape index (κ1) is 30.4. The second-order valence-electron chi connectivity index (χ2n) is 11.1. The monoisotopic (exact) mass is 600 g/mol. The van der Waals surface area contributed by atoms with E-state index in [2.05, 4.69) is 5.32 Å². The molecule has 3 aromatic carbocycles. The normalized spacial score (nSPS) is 13.4. The minimum Gasteiger partial charge on any atom is -0.496 e. The Morgan fingerprint density at radius 2 is 1.64 bits per heavy atom. The molecule has 0 unspecified atom stereocenters. The lowest BCUT2D eigenvalue weighted by molar-refractivity contribution is -0.147. The molecular formula is C33H33FN4O6. The smallest absolute Gasteiger partial charge is 0.330 e. The number of aryl methyl sites for hydroxylation is 1. The van der Waals surface area contributed by atoms with Gasteiger partial charge in [-0.2, -0.15) is 0 Å². The number of hydrogen-bond donors (Lipinski definition) is 2. The van der Waals surface area contributed by atoms with Crippen molar-refractivity contribution in [1.29, 1.82) is 0 Å². The van der Waals surface area contributed by atoms with E-state index in [9.17, 15) is 19.2 Å². The van der Waals surface area contributed by atoms with Crippen LogP contribution in [0, 0.1) is 25.6 Å². The predicted octanol–water partition coefficient (Wildman–Crippen LogP) is 3.95. The van der Waals surface area contributed by atoms with Crippen LogP contribution in [0.1, 0.15) is 27.0 Å². The van der Waals surface area contributed by atoms with Crippen molar-refractivity contribution < 1.29 is 23.8 Å². The average Bonchev–Trinajstić information content (AvgIpc) is 2.97. The van der Waals surface area contributed by atoms with Crippen molar-refractivity contribution in [2.75, 3.05) is 25.5 Å². The lowest BCUT2D eigenvalue weighted by atomic mass is 9.90. The summed E-state index contributed by atoms with van der Waals surface area (Å²) in [5.41, 5.74) is 4.27. The highest BCUT2D eigenvalue weighted by atomic mass is 19.1. The van der Waals surface area contributed by atoms with Crippen molar-refractivity contribution in [1.82, 2.24) is 14.0 Å². The van der Waals surface area contributed by atoms with Gasteiger partial charge in [-0.25, -0.2) is 9.18 Å². The fraction of sp³-hybridized carbons (Fsp3) is 0.273. The summed E-state index contributed by atoms with van der Waals surface area (Å²) in [7, 11) is 4.27. The molecule has 1 amide bonds. The number of rotatable bonds is 8. The molecule has 2 heterocycles. The van der Waals surface area contributed by atoms with Crippen LogP contribution in [0.3, 0.4) is 0 Å². The van der Waals surface area contributed by atoms with Gasteiger partial charge in [0.05, 0.1) is 13.0 Å². The quantitative estimate of drug-likeness (QED) is 0.314. The fourth-order valence-corrected chi connectivity index (χ4v) is 5.64. The molecule has 11 heteroatoms. The maximum absolute atomic E-state index is 15.5. The first-order valence-electron chi connectivity index (χ1n) is 14.0. The van der Waals surface area contributed by atoms with Gasteiger partial charge in [-0.05, 0) is 65.4 Å². The van der Waals surface area contributed by atoms with E-state index in [-0.39, 0.29) is 12.1 Å². The Balaban J connectivity index is 1.46. The second-order valence-corrected chi connectivity index (χ2v) is 11.1. The summed E-state index contributed by atoms with van der Waals surface area (Å²) >= 11 is 0. The van der Waals surface area contributed by atoms with Gasteiger partial charge < -0.3 is 19.7 Å². The van der Waals surface area contributed by atoms with Crippen molar-refractivity contribution in [2.24, 2.45) is 20.0 Å². The van der Waals surface area contributed by atoms with Crippen LogP contribution in [0.25, 0.3) is 22.3 Å². The van der Waals surface area contributed by atoms with Crippen molar-refractivity contribution >= 4 is 17.6 Å². The number of carbonyl (C=O) groups is 2. The minimum absolute atomic E-state index is 0.159.